The number of benzene rings is 1. The van der Waals surface area contributed by atoms with Crippen molar-refractivity contribution in [3.63, 3.8) is 0 Å². The molecule has 2 atom stereocenters. The van der Waals surface area contributed by atoms with Crippen LogP contribution in [0.5, 0.6) is 5.75 Å². The van der Waals surface area contributed by atoms with Gasteiger partial charge in [0, 0.05) is 36.7 Å². The summed E-state index contributed by atoms with van der Waals surface area (Å²) in [5.41, 5.74) is 1.07. The van der Waals surface area contributed by atoms with Crippen molar-refractivity contribution in [2.75, 3.05) is 19.6 Å². The smallest absolute Gasteiger partial charge is 0.526 e. The van der Waals surface area contributed by atoms with E-state index < -0.39 is 36.8 Å². The van der Waals surface area contributed by atoms with Gasteiger partial charge in [-0.05, 0) is 43.3 Å². The van der Waals surface area contributed by atoms with Crippen LogP contribution in [0, 0.1) is 0 Å². The Morgan fingerprint density at radius 1 is 1.19 bits per heavy atom. The van der Waals surface area contributed by atoms with Crippen molar-refractivity contribution < 1.29 is 33.7 Å². The van der Waals surface area contributed by atoms with Gasteiger partial charge < -0.3 is 19.9 Å². The van der Waals surface area contributed by atoms with Gasteiger partial charge in [-0.3, -0.25) is 24.1 Å². The molecular formula is C24H26BN3O7S. The lowest BCUT2D eigenvalue weighted by molar-refractivity contribution is -0.153. The topological polar surface area (TPSA) is 133 Å². The number of imide groups is 1. The van der Waals surface area contributed by atoms with Crippen LogP contribution in [0.15, 0.2) is 35.7 Å². The number of likely N-dealkylation sites (N-methyl/N-ethyl adjacent to an activating group) is 1. The van der Waals surface area contributed by atoms with Crippen LogP contribution in [0.2, 0.25) is 5.82 Å². The molecule has 4 rings (SSSR count). The Labute approximate surface area is 212 Å². The third-order valence-electron chi connectivity index (χ3n) is 6.42. The van der Waals surface area contributed by atoms with Crippen molar-refractivity contribution in [3.8, 4) is 5.75 Å². The van der Waals surface area contributed by atoms with Crippen LogP contribution in [0.25, 0.3) is 0 Å². The SMILES string of the molecule is CCN1CCN(C(=O)NC(C(=O)C[C@H]2Cc3cccc(C(C)=O)c3OB2O)c2cccs2)C(=O)C1=O. The molecule has 0 saturated carbocycles. The molecule has 10 nitrogen and oxygen atoms in total. The Morgan fingerprint density at radius 3 is 2.64 bits per heavy atom. The first kappa shape index (κ1) is 25.6. The van der Waals surface area contributed by atoms with Gasteiger partial charge in [0.1, 0.15) is 11.8 Å². The van der Waals surface area contributed by atoms with E-state index in [0.717, 1.165) is 4.90 Å². The van der Waals surface area contributed by atoms with E-state index in [4.69, 9.17) is 4.65 Å². The van der Waals surface area contributed by atoms with Crippen molar-refractivity contribution >= 4 is 47.9 Å². The molecular weight excluding hydrogens is 485 g/mol. The Hall–Kier alpha value is -3.51. The molecule has 3 heterocycles. The van der Waals surface area contributed by atoms with E-state index in [0.29, 0.717) is 34.7 Å². The van der Waals surface area contributed by atoms with Crippen LogP contribution in [0.4, 0.5) is 4.79 Å². The number of nitrogens with one attached hydrogen (secondary N) is 1. The van der Waals surface area contributed by atoms with E-state index in [1.54, 1.807) is 42.6 Å². The van der Waals surface area contributed by atoms with Crippen LogP contribution >= 0.6 is 11.3 Å². The summed E-state index contributed by atoms with van der Waals surface area (Å²) in [6.45, 7) is 3.77. The molecule has 188 valence electrons. The van der Waals surface area contributed by atoms with Gasteiger partial charge >= 0.3 is 25.0 Å². The largest absolute Gasteiger partial charge is 0.535 e. The van der Waals surface area contributed by atoms with Gasteiger partial charge in [0.25, 0.3) is 0 Å². The number of nitrogens with zero attached hydrogens (tertiary/aromatic N) is 2. The van der Waals surface area contributed by atoms with Crippen molar-refractivity contribution in [2.24, 2.45) is 0 Å². The summed E-state index contributed by atoms with van der Waals surface area (Å²) >= 11 is 1.26. The molecule has 4 amide bonds. The van der Waals surface area contributed by atoms with Crippen LogP contribution < -0.4 is 9.97 Å². The highest BCUT2D eigenvalue weighted by atomic mass is 32.1. The summed E-state index contributed by atoms with van der Waals surface area (Å²) in [7, 11) is -1.32. The fraction of sp³-hybridized carbons (Fsp3) is 0.375. The monoisotopic (exact) mass is 511 g/mol. The summed E-state index contributed by atoms with van der Waals surface area (Å²) in [5.74, 6) is -2.56. The molecule has 1 unspecified atom stereocenters. The number of carbonyl (C=O) groups is 5. The lowest BCUT2D eigenvalue weighted by atomic mass is 9.64. The molecule has 12 heteroatoms. The number of hydrogen-bond acceptors (Lipinski definition) is 8. The first-order valence-electron chi connectivity index (χ1n) is 11.7. The summed E-state index contributed by atoms with van der Waals surface area (Å²) in [6, 6.07) is 6.66. The quantitative estimate of drug-likeness (QED) is 0.329. The summed E-state index contributed by atoms with van der Waals surface area (Å²) < 4.78 is 5.63. The van der Waals surface area contributed by atoms with Crippen LogP contribution in [-0.4, -0.2) is 71.0 Å². The maximum atomic E-state index is 13.4. The highest BCUT2D eigenvalue weighted by Gasteiger charge is 2.41. The first-order chi connectivity index (χ1) is 17.2. The highest BCUT2D eigenvalue weighted by molar-refractivity contribution is 7.10. The molecule has 0 spiro atoms. The van der Waals surface area contributed by atoms with Gasteiger partial charge in [-0.2, -0.15) is 0 Å². The molecule has 1 fully saturated rings. The Balaban J connectivity index is 1.50. The molecule has 1 aromatic heterocycles. The Morgan fingerprint density at radius 2 is 1.97 bits per heavy atom. The molecule has 0 aliphatic carbocycles. The van der Waals surface area contributed by atoms with Crippen molar-refractivity contribution in [1.29, 1.82) is 0 Å². The Bertz CT molecular complexity index is 1200. The van der Waals surface area contributed by atoms with Crippen LogP contribution in [0.1, 0.15) is 47.1 Å². The van der Waals surface area contributed by atoms with Gasteiger partial charge in [-0.25, -0.2) is 4.79 Å². The van der Waals surface area contributed by atoms with Crippen LogP contribution in [0.3, 0.4) is 0 Å². The van der Waals surface area contributed by atoms with E-state index in [1.165, 1.54) is 23.2 Å². The maximum absolute atomic E-state index is 13.4. The second kappa shape index (κ2) is 10.6. The minimum absolute atomic E-state index is 0.0278. The lowest BCUT2D eigenvalue weighted by Gasteiger charge is -2.33. The Kier molecular flexibility index (Phi) is 7.55. The zero-order valence-corrected chi connectivity index (χ0v) is 20.7. The number of hydrogen-bond donors (Lipinski definition) is 2. The zero-order valence-electron chi connectivity index (χ0n) is 19.9. The van der Waals surface area contributed by atoms with Crippen molar-refractivity contribution in [2.45, 2.75) is 38.5 Å². The number of thiophene rings is 1. The van der Waals surface area contributed by atoms with Crippen molar-refractivity contribution in [3.05, 3.63) is 51.7 Å². The number of urea groups is 1. The van der Waals surface area contributed by atoms with E-state index in [9.17, 15) is 29.0 Å². The first-order valence-corrected chi connectivity index (χ1v) is 12.5. The number of rotatable bonds is 7. The minimum Gasteiger partial charge on any atom is -0.535 e. The lowest BCUT2D eigenvalue weighted by Crippen LogP contribution is -2.58. The number of para-hydroxylation sites is 1. The number of ketones is 2. The molecule has 1 saturated heterocycles. The maximum Gasteiger partial charge on any atom is 0.526 e. The van der Waals surface area contributed by atoms with E-state index in [1.807, 2.05) is 0 Å². The minimum atomic E-state index is -1.32. The summed E-state index contributed by atoms with van der Waals surface area (Å²) in [6.07, 6.45) is 0.185. The van der Waals surface area contributed by atoms with E-state index in [-0.39, 0.29) is 31.1 Å². The van der Waals surface area contributed by atoms with E-state index in [2.05, 4.69) is 5.32 Å². The predicted octanol–water partition coefficient (Wildman–Crippen LogP) is 1.84. The summed E-state index contributed by atoms with van der Waals surface area (Å²) in [5, 5.41) is 15.0. The summed E-state index contributed by atoms with van der Waals surface area (Å²) in [4.78, 5) is 65.6. The van der Waals surface area contributed by atoms with Crippen molar-refractivity contribution in [1.82, 2.24) is 15.1 Å². The van der Waals surface area contributed by atoms with Gasteiger partial charge in [0.15, 0.2) is 11.6 Å². The molecule has 2 aromatic rings. The number of Topliss-reactive ketones (excluding diaryl/α,β-unsaturated/α-hetero) is 2. The fourth-order valence-electron chi connectivity index (χ4n) is 4.45. The van der Waals surface area contributed by atoms with Gasteiger partial charge in [-0.1, -0.05) is 18.2 Å². The van der Waals surface area contributed by atoms with Gasteiger partial charge in [0.05, 0.1) is 5.56 Å². The number of carbonyl (C=O) groups excluding carboxylic acids is 5. The average molecular weight is 511 g/mol. The second-order valence-corrected chi connectivity index (χ2v) is 9.71. The average Bonchev–Trinajstić information content (AvgIpc) is 3.38. The molecule has 2 aliphatic rings. The van der Waals surface area contributed by atoms with Crippen LogP contribution in [-0.2, 0) is 20.8 Å². The third-order valence-corrected chi connectivity index (χ3v) is 7.35. The molecule has 0 radical (unpaired) electrons. The molecule has 2 aliphatic heterocycles. The normalized spacial score (nSPS) is 18.4. The standard InChI is InChI=1S/C24H26BN3O7S/c1-3-27-9-10-28(23(32)22(27)31)24(33)26-20(19-8-5-11-36-19)18(30)13-16-12-15-6-4-7-17(14(2)29)21(15)35-25(16)34/h4-8,11,16,20,34H,3,9-10,12-13H2,1-2H3,(H,26,33)/t16-,20?/m1/s1. The van der Waals surface area contributed by atoms with E-state index >= 15 is 0 Å². The van der Waals surface area contributed by atoms with Gasteiger partial charge in [-0.15, -0.1) is 11.3 Å². The predicted molar refractivity (Wildman–Crippen MR) is 132 cm³/mol. The number of fused-ring (bicyclic) bond motifs is 1. The zero-order chi connectivity index (χ0) is 26.0. The number of amides is 4. The highest BCUT2D eigenvalue weighted by Crippen LogP contribution is 2.37. The third kappa shape index (κ3) is 5.05. The molecule has 1 aromatic carbocycles. The second-order valence-electron chi connectivity index (χ2n) is 8.73. The van der Waals surface area contributed by atoms with Gasteiger partial charge in [0.2, 0.25) is 0 Å². The number of piperazine rings is 1. The molecule has 0 bridgehead atoms. The fourth-order valence-corrected chi connectivity index (χ4v) is 5.25. The molecule has 2 N–H and O–H groups in total. The molecule has 36 heavy (non-hydrogen) atoms.